The van der Waals surface area contributed by atoms with Gasteiger partial charge >= 0.3 is 41.5 Å². The predicted octanol–water partition coefficient (Wildman–Crippen LogP) is 3.55. The van der Waals surface area contributed by atoms with Gasteiger partial charge < -0.3 is 11.3 Å². The van der Waals surface area contributed by atoms with Crippen LogP contribution in [0.4, 0.5) is 0 Å². The van der Waals surface area contributed by atoms with E-state index in [9.17, 15) is 9.59 Å². The molecule has 0 saturated heterocycles. The summed E-state index contributed by atoms with van der Waals surface area (Å²) in [5, 5.41) is 8.39. The van der Waals surface area contributed by atoms with Gasteiger partial charge in [-0.25, -0.2) is 9.59 Å². The van der Waals surface area contributed by atoms with Crippen LogP contribution < -0.4 is 29.6 Å². The summed E-state index contributed by atoms with van der Waals surface area (Å²) in [4.78, 5) is 21.4. The van der Waals surface area contributed by atoms with Crippen LogP contribution in [0.25, 0.3) is 0 Å². The van der Waals surface area contributed by atoms with E-state index >= 15 is 0 Å². The Kier molecular flexibility index (Phi) is 25.4. The number of carboxylic acids is 1. The van der Waals surface area contributed by atoms with Crippen LogP contribution >= 0.6 is 0 Å². The predicted molar refractivity (Wildman–Crippen MR) is 108 cm³/mol. The number of carboxylic acid groups (broad SMARTS) is 1. The fourth-order valence-corrected chi connectivity index (χ4v) is 3.01. The molecule has 0 unspecified atom stereocenters. The van der Waals surface area contributed by atoms with Gasteiger partial charge in [-0.3, -0.25) is 0 Å². The minimum atomic E-state index is -1.13. The first-order valence-electron chi connectivity index (χ1n) is 10.7. The Balaban J connectivity index is -0.00000312. The number of hydrogen-bond donors (Lipinski definition) is 1. The molecule has 1 N–H and O–H groups in total. The van der Waals surface area contributed by atoms with Gasteiger partial charge in [0.25, 0.3) is 0 Å². The zero-order valence-corrected chi connectivity index (χ0v) is 19.8. The number of carbonyl (C=O) groups is 2. The standard InChI is InChI=1S/C22H40O4.Na.H/c1-2-3-4-5-6-7-8-9-10-11-12-13-14-15-16-17-20-26-22(25)19-18-21(23)24;;/h18-19H,2-17,20H2,1H3,(H,23,24);;/q;+1;-1/b19-18+;;. The van der Waals surface area contributed by atoms with Crippen LogP contribution in [0.5, 0.6) is 0 Å². The van der Waals surface area contributed by atoms with Crippen LogP contribution in [-0.2, 0) is 14.3 Å². The van der Waals surface area contributed by atoms with Gasteiger partial charge in [-0.15, -0.1) is 0 Å². The number of hydrogen-bond acceptors (Lipinski definition) is 3. The maximum Gasteiger partial charge on any atom is 1.00 e. The molecule has 27 heavy (non-hydrogen) atoms. The molecule has 0 aliphatic heterocycles. The summed E-state index contributed by atoms with van der Waals surface area (Å²) >= 11 is 0. The van der Waals surface area contributed by atoms with Crippen LogP contribution in [0.2, 0.25) is 0 Å². The van der Waals surface area contributed by atoms with E-state index in [1.807, 2.05) is 0 Å². The first-order chi connectivity index (χ1) is 12.7. The normalized spacial score (nSPS) is 10.7. The molecule has 0 aromatic rings. The molecule has 0 radical (unpaired) electrons. The third-order valence-corrected chi connectivity index (χ3v) is 4.60. The summed E-state index contributed by atoms with van der Waals surface area (Å²) in [6.45, 7) is 2.64. The second kappa shape index (κ2) is 23.7. The van der Waals surface area contributed by atoms with E-state index in [1.165, 1.54) is 89.9 Å². The Hall–Kier alpha value is -0.320. The minimum Gasteiger partial charge on any atom is -1.00 e. The Morgan fingerprint density at radius 2 is 1.07 bits per heavy atom. The number of rotatable bonds is 19. The van der Waals surface area contributed by atoms with Gasteiger partial charge in [0.05, 0.1) is 6.61 Å². The van der Waals surface area contributed by atoms with Crippen molar-refractivity contribution in [2.24, 2.45) is 0 Å². The van der Waals surface area contributed by atoms with Crippen LogP contribution in [0, 0.1) is 0 Å². The van der Waals surface area contributed by atoms with Gasteiger partial charge in [0, 0.05) is 12.2 Å². The third kappa shape index (κ3) is 25.7. The van der Waals surface area contributed by atoms with Gasteiger partial charge in [0.15, 0.2) is 0 Å². The van der Waals surface area contributed by atoms with Crippen LogP contribution in [0.3, 0.4) is 0 Å². The second-order valence-corrected chi connectivity index (χ2v) is 7.14. The maximum atomic E-state index is 11.1. The zero-order chi connectivity index (χ0) is 19.3. The molecule has 0 aromatic carbocycles. The van der Waals surface area contributed by atoms with Gasteiger partial charge in [-0.1, -0.05) is 103 Å². The smallest absolute Gasteiger partial charge is 1.00 e. The molecule has 0 aliphatic rings. The monoisotopic (exact) mass is 392 g/mol. The zero-order valence-electron chi connectivity index (χ0n) is 18.8. The first-order valence-corrected chi connectivity index (χ1v) is 10.7. The fourth-order valence-electron chi connectivity index (χ4n) is 3.01. The molecule has 0 fully saturated rings. The average Bonchev–Trinajstić information content (AvgIpc) is 2.62. The fraction of sp³-hybridized carbons (Fsp3) is 0.818. The molecule has 0 bridgehead atoms. The van der Waals surface area contributed by atoms with Crippen molar-refractivity contribution in [1.82, 2.24) is 0 Å². The van der Waals surface area contributed by atoms with E-state index in [2.05, 4.69) is 6.92 Å². The van der Waals surface area contributed by atoms with Crippen molar-refractivity contribution in [2.75, 3.05) is 6.61 Å². The van der Waals surface area contributed by atoms with E-state index in [4.69, 9.17) is 9.84 Å². The van der Waals surface area contributed by atoms with E-state index in [-0.39, 0.29) is 31.0 Å². The molecule has 154 valence electrons. The summed E-state index contributed by atoms with van der Waals surface area (Å²) in [7, 11) is 0. The number of carbonyl (C=O) groups excluding carboxylic acids is 1. The molecule has 4 nitrogen and oxygen atoms in total. The van der Waals surface area contributed by atoms with E-state index in [0.29, 0.717) is 6.61 Å². The third-order valence-electron chi connectivity index (χ3n) is 4.60. The number of unbranched alkanes of at least 4 members (excludes halogenated alkanes) is 15. The van der Waals surface area contributed by atoms with Crippen molar-refractivity contribution in [2.45, 2.75) is 110 Å². The van der Waals surface area contributed by atoms with Crippen molar-refractivity contribution in [3.8, 4) is 0 Å². The molecule has 0 amide bonds. The molecule has 0 spiro atoms. The number of esters is 1. The summed E-state index contributed by atoms with van der Waals surface area (Å²) in [5.41, 5.74) is 0. The topological polar surface area (TPSA) is 63.6 Å². The van der Waals surface area contributed by atoms with E-state index in [1.54, 1.807) is 0 Å². The van der Waals surface area contributed by atoms with Crippen molar-refractivity contribution in [3.63, 3.8) is 0 Å². The van der Waals surface area contributed by atoms with Crippen molar-refractivity contribution in [3.05, 3.63) is 12.2 Å². The van der Waals surface area contributed by atoms with Gasteiger partial charge in [0.2, 0.25) is 0 Å². The summed E-state index contributed by atoms with van der Waals surface area (Å²) in [6, 6.07) is 0. The Labute approximate surface area is 190 Å². The Morgan fingerprint density at radius 1 is 0.704 bits per heavy atom. The van der Waals surface area contributed by atoms with Gasteiger partial charge in [-0.2, -0.15) is 0 Å². The van der Waals surface area contributed by atoms with Crippen LogP contribution in [0.1, 0.15) is 111 Å². The SMILES string of the molecule is CCCCCCCCCCCCCCCCCCOC(=O)/C=C/C(=O)O.[H-].[Na+]. The van der Waals surface area contributed by atoms with Crippen molar-refractivity contribution in [1.29, 1.82) is 0 Å². The number of aliphatic carboxylic acids is 1. The summed E-state index contributed by atoms with van der Waals surface area (Å²) in [6.07, 6.45) is 22.7. The average molecular weight is 393 g/mol. The van der Waals surface area contributed by atoms with Gasteiger partial charge in [-0.05, 0) is 6.42 Å². The molecule has 5 heteroatoms. The molecule has 0 rings (SSSR count). The second-order valence-electron chi connectivity index (χ2n) is 7.14. The molecule has 0 heterocycles. The maximum absolute atomic E-state index is 11.1. The molecule has 0 aliphatic carbocycles. The van der Waals surface area contributed by atoms with Crippen molar-refractivity contribution >= 4 is 11.9 Å². The minimum absolute atomic E-state index is 0. The Morgan fingerprint density at radius 3 is 1.44 bits per heavy atom. The largest absolute Gasteiger partial charge is 1.00 e. The molecule has 0 saturated carbocycles. The van der Waals surface area contributed by atoms with Crippen molar-refractivity contribution < 1.29 is 50.4 Å². The summed E-state index contributed by atoms with van der Waals surface area (Å²) < 4.78 is 4.92. The van der Waals surface area contributed by atoms with E-state index in [0.717, 1.165) is 25.0 Å². The van der Waals surface area contributed by atoms with Crippen LogP contribution in [0.15, 0.2) is 12.2 Å². The summed E-state index contributed by atoms with van der Waals surface area (Å²) in [5.74, 6) is -1.71. The van der Waals surface area contributed by atoms with E-state index < -0.39 is 11.9 Å². The first kappa shape index (κ1) is 28.9. The van der Waals surface area contributed by atoms with Gasteiger partial charge in [0.1, 0.15) is 0 Å². The molecular weight excluding hydrogens is 351 g/mol. The molecule has 0 atom stereocenters. The quantitative estimate of drug-likeness (QED) is 0.158. The molecular formula is C22H41NaO4. The Bertz CT molecular complexity index is 376. The number of ether oxygens (including phenoxy) is 1. The molecule has 0 aromatic heterocycles. The van der Waals surface area contributed by atoms with Crippen LogP contribution in [-0.4, -0.2) is 23.7 Å².